The molecule has 1 amide bonds. The third-order valence-electron chi connectivity index (χ3n) is 3.41. The number of pyridine rings is 1. The summed E-state index contributed by atoms with van der Waals surface area (Å²) < 4.78 is 33.4. The lowest BCUT2D eigenvalue weighted by Gasteiger charge is -2.32. The van der Waals surface area contributed by atoms with E-state index in [1.165, 1.54) is 4.40 Å². The molecule has 1 aliphatic heterocycles. The standard InChI is InChI=1S/C12H13ClN4O4S/c13-10-12(16-4-2-1-3-9(16)15-10)22(19,20)17-5-6-21-7-8(17)11(14)18/h1-4,8H,5-7H2,(H2,14,18)/t8-/m1/s1. The molecule has 0 spiro atoms. The second-order valence-electron chi connectivity index (χ2n) is 4.75. The molecule has 1 atom stereocenters. The summed E-state index contributed by atoms with van der Waals surface area (Å²) in [5.41, 5.74) is 5.68. The minimum absolute atomic E-state index is 0.0202. The van der Waals surface area contributed by atoms with Crippen molar-refractivity contribution >= 4 is 33.2 Å². The highest BCUT2D eigenvalue weighted by atomic mass is 35.5. The number of nitrogens with zero attached hydrogens (tertiary/aromatic N) is 3. The summed E-state index contributed by atoms with van der Waals surface area (Å²) >= 11 is 6.01. The van der Waals surface area contributed by atoms with E-state index in [0.717, 1.165) is 4.31 Å². The minimum Gasteiger partial charge on any atom is -0.378 e. The largest absolute Gasteiger partial charge is 0.378 e. The van der Waals surface area contributed by atoms with E-state index < -0.39 is 22.0 Å². The average Bonchev–Trinajstić information content (AvgIpc) is 2.83. The number of imidazole rings is 1. The van der Waals surface area contributed by atoms with Gasteiger partial charge < -0.3 is 10.5 Å². The summed E-state index contributed by atoms with van der Waals surface area (Å²) in [4.78, 5) is 15.5. The number of primary amides is 1. The van der Waals surface area contributed by atoms with Gasteiger partial charge in [0, 0.05) is 12.7 Å². The van der Waals surface area contributed by atoms with Crippen LogP contribution in [-0.4, -0.2) is 53.8 Å². The lowest BCUT2D eigenvalue weighted by molar-refractivity contribution is -0.125. The first-order valence-electron chi connectivity index (χ1n) is 6.44. The maximum atomic E-state index is 12.9. The van der Waals surface area contributed by atoms with E-state index in [2.05, 4.69) is 4.98 Å². The van der Waals surface area contributed by atoms with Crippen LogP contribution in [0.4, 0.5) is 0 Å². The van der Waals surface area contributed by atoms with E-state index >= 15 is 0 Å². The summed E-state index contributed by atoms with van der Waals surface area (Å²) in [7, 11) is -4.05. The van der Waals surface area contributed by atoms with Crippen molar-refractivity contribution in [3.05, 3.63) is 29.5 Å². The number of hydrogen-bond acceptors (Lipinski definition) is 5. The maximum Gasteiger partial charge on any atom is 0.263 e. The Kier molecular flexibility index (Phi) is 3.81. The number of ether oxygens (including phenoxy) is 1. The van der Waals surface area contributed by atoms with Crippen LogP contribution < -0.4 is 5.73 Å². The summed E-state index contributed by atoms with van der Waals surface area (Å²) in [5, 5.41) is -0.334. The normalized spacial score (nSPS) is 20.3. The highest BCUT2D eigenvalue weighted by Crippen LogP contribution is 2.27. The van der Waals surface area contributed by atoms with Crippen molar-refractivity contribution in [2.24, 2.45) is 5.73 Å². The van der Waals surface area contributed by atoms with Crippen molar-refractivity contribution in [3.63, 3.8) is 0 Å². The zero-order valence-electron chi connectivity index (χ0n) is 11.3. The van der Waals surface area contributed by atoms with Gasteiger partial charge in [-0.15, -0.1) is 0 Å². The third kappa shape index (κ3) is 2.35. The van der Waals surface area contributed by atoms with Gasteiger partial charge >= 0.3 is 0 Å². The quantitative estimate of drug-likeness (QED) is 0.834. The molecule has 0 bridgehead atoms. The van der Waals surface area contributed by atoms with E-state index in [1.807, 2.05) is 0 Å². The van der Waals surface area contributed by atoms with Crippen molar-refractivity contribution < 1.29 is 17.9 Å². The molecule has 2 aromatic rings. The number of morpholine rings is 1. The van der Waals surface area contributed by atoms with Gasteiger partial charge in [0.25, 0.3) is 10.0 Å². The predicted molar refractivity (Wildman–Crippen MR) is 77.9 cm³/mol. The molecule has 0 unspecified atom stereocenters. The van der Waals surface area contributed by atoms with Crippen LogP contribution in [0, 0.1) is 0 Å². The predicted octanol–water partition coefficient (Wildman–Crippen LogP) is -0.138. The Bertz CT molecular complexity index is 835. The Morgan fingerprint density at radius 3 is 2.95 bits per heavy atom. The zero-order valence-corrected chi connectivity index (χ0v) is 12.9. The third-order valence-corrected chi connectivity index (χ3v) is 5.72. The van der Waals surface area contributed by atoms with Gasteiger partial charge in [-0.2, -0.15) is 4.31 Å². The number of halogens is 1. The summed E-state index contributed by atoms with van der Waals surface area (Å²) in [6.45, 7) is 0.118. The van der Waals surface area contributed by atoms with Crippen molar-refractivity contribution in [2.45, 2.75) is 11.1 Å². The molecular weight excluding hydrogens is 332 g/mol. The van der Waals surface area contributed by atoms with Crippen molar-refractivity contribution in [3.8, 4) is 0 Å². The van der Waals surface area contributed by atoms with Crippen LogP contribution in [0.2, 0.25) is 5.15 Å². The SMILES string of the molecule is NC(=O)[C@H]1COCCN1S(=O)(=O)c1c(Cl)nc2ccccn12. The summed E-state index contributed by atoms with van der Waals surface area (Å²) in [5.74, 6) is -0.770. The van der Waals surface area contributed by atoms with Crippen molar-refractivity contribution in [2.75, 3.05) is 19.8 Å². The van der Waals surface area contributed by atoms with Gasteiger partial charge in [-0.3, -0.25) is 9.20 Å². The lowest BCUT2D eigenvalue weighted by Crippen LogP contribution is -2.54. The topological polar surface area (TPSA) is 107 Å². The Balaban J connectivity index is 2.15. The number of sulfonamides is 1. The van der Waals surface area contributed by atoms with E-state index in [1.54, 1.807) is 24.4 Å². The zero-order chi connectivity index (χ0) is 15.9. The van der Waals surface area contributed by atoms with Gasteiger partial charge in [0.05, 0.1) is 13.2 Å². The Labute approximate surface area is 131 Å². The van der Waals surface area contributed by atoms with E-state index in [0.29, 0.717) is 5.65 Å². The van der Waals surface area contributed by atoms with Gasteiger partial charge in [0.15, 0.2) is 10.2 Å². The number of carbonyl (C=O) groups is 1. The number of fused-ring (bicyclic) bond motifs is 1. The average molecular weight is 345 g/mol. The monoisotopic (exact) mass is 344 g/mol. The van der Waals surface area contributed by atoms with Gasteiger partial charge in [-0.1, -0.05) is 17.7 Å². The number of aromatic nitrogens is 2. The molecule has 10 heteroatoms. The fourth-order valence-corrected chi connectivity index (χ4v) is 4.56. The number of hydrogen-bond donors (Lipinski definition) is 1. The fourth-order valence-electron chi connectivity index (χ4n) is 2.39. The van der Waals surface area contributed by atoms with Crippen molar-refractivity contribution in [1.29, 1.82) is 0 Å². The molecular formula is C12H13ClN4O4S. The first-order valence-corrected chi connectivity index (χ1v) is 8.26. The van der Waals surface area contributed by atoms with Crippen LogP contribution in [0.5, 0.6) is 0 Å². The maximum absolute atomic E-state index is 12.9. The van der Waals surface area contributed by atoms with E-state index in [4.69, 9.17) is 22.1 Å². The van der Waals surface area contributed by atoms with Crippen LogP contribution in [0.3, 0.4) is 0 Å². The number of rotatable bonds is 3. The Morgan fingerprint density at radius 1 is 1.45 bits per heavy atom. The minimum atomic E-state index is -4.05. The molecule has 0 radical (unpaired) electrons. The smallest absolute Gasteiger partial charge is 0.263 e. The highest BCUT2D eigenvalue weighted by Gasteiger charge is 2.40. The van der Waals surface area contributed by atoms with Crippen LogP contribution in [0.1, 0.15) is 0 Å². The fraction of sp³-hybridized carbons (Fsp3) is 0.333. The second-order valence-corrected chi connectivity index (χ2v) is 6.91. The molecule has 0 aromatic carbocycles. The molecule has 2 aromatic heterocycles. The molecule has 1 aliphatic rings. The molecule has 0 aliphatic carbocycles. The first kappa shape index (κ1) is 15.2. The molecule has 3 rings (SSSR count). The molecule has 2 N–H and O–H groups in total. The Morgan fingerprint density at radius 2 is 2.23 bits per heavy atom. The second kappa shape index (κ2) is 5.51. The van der Waals surface area contributed by atoms with Crippen molar-refractivity contribution in [1.82, 2.24) is 13.7 Å². The van der Waals surface area contributed by atoms with Crippen LogP contribution in [0.15, 0.2) is 29.4 Å². The van der Waals surface area contributed by atoms with Gasteiger partial charge in [0.2, 0.25) is 5.91 Å². The molecule has 8 nitrogen and oxygen atoms in total. The number of nitrogens with two attached hydrogens (primary N) is 1. The lowest BCUT2D eigenvalue weighted by atomic mass is 10.3. The van der Waals surface area contributed by atoms with Gasteiger partial charge in [0.1, 0.15) is 11.7 Å². The van der Waals surface area contributed by atoms with Gasteiger partial charge in [-0.05, 0) is 12.1 Å². The summed E-state index contributed by atoms with van der Waals surface area (Å²) in [6.07, 6.45) is 1.54. The molecule has 1 saturated heterocycles. The molecule has 3 heterocycles. The number of carbonyl (C=O) groups excluding carboxylic acids is 1. The molecule has 0 saturated carbocycles. The molecule has 22 heavy (non-hydrogen) atoms. The highest BCUT2D eigenvalue weighted by molar-refractivity contribution is 7.89. The van der Waals surface area contributed by atoms with Crippen LogP contribution in [-0.2, 0) is 19.6 Å². The molecule has 118 valence electrons. The van der Waals surface area contributed by atoms with Gasteiger partial charge in [-0.25, -0.2) is 13.4 Å². The van der Waals surface area contributed by atoms with Crippen LogP contribution >= 0.6 is 11.6 Å². The first-order chi connectivity index (χ1) is 10.4. The number of amides is 1. The molecule has 1 fully saturated rings. The van der Waals surface area contributed by atoms with E-state index in [-0.39, 0.29) is 29.9 Å². The van der Waals surface area contributed by atoms with E-state index in [9.17, 15) is 13.2 Å². The van der Waals surface area contributed by atoms with Crippen LogP contribution in [0.25, 0.3) is 5.65 Å². The summed E-state index contributed by atoms with van der Waals surface area (Å²) in [6, 6.07) is 3.95. The Hall–Kier alpha value is -1.68.